The molecule has 0 aliphatic heterocycles. The van der Waals surface area contributed by atoms with Crippen LogP contribution in [0, 0.1) is 0 Å². The first-order valence-corrected chi connectivity index (χ1v) is 3.16. The van der Waals surface area contributed by atoms with Gasteiger partial charge in [0.1, 0.15) is 11.2 Å². The molecule has 1 rings (SSSR count). The van der Waals surface area contributed by atoms with Crippen molar-refractivity contribution in [3.63, 3.8) is 0 Å². The molecule has 0 saturated heterocycles. The third kappa shape index (κ3) is 1.70. The molecule has 1 aromatic rings. The first kappa shape index (κ1) is 7.02. The first-order valence-electron chi connectivity index (χ1n) is 2.75. The molecule has 0 unspecified atom stereocenters. The highest BCUT2D eigenvalue weighted by molar-refractivity contribution is 7.79. The Morgan fingerprint density at radius 1 is 1.30 bits per heavy atom. The van der Waals surface area contributed by atoms with E-state index in [1.54, 1.807) is 24.3 Å². The van der Waals surface area contributed by atoms with Gasteiger partial charge in [0.2, 0.25) is 0 Å². The third-order valence-electron chi connectivity index (χ3n) is 1.06. The number of aromatic hydroxyl groups is 1. The molecule has 0 fully saturated rings. The Bertz CT molecular complexity index is 220. The van der Waals surface area contributed by atoms with Gasteiger partial charge in [0.15, 0.2) is 0 Å². The van der Waals surface area contributed by atoms with E-state index in [4.69, 9.17) is 5.11 Å². The van der Waals surface area contributed by atoms with Gasteiger partial charge in [-0.2, -0.15) is 0 Å². The number of thiocarbonyl (C=S) groups is 1. The van der Waals surface area contributed by atoms with Crippen LogP contribution in [-0.4, -0.2) is 10.6 Å². The molecule has 0 aliphatic carbocycles. The number of hydrogen-bond acceptors (Lipinski definition) is 2. The Balaban J connectivity index is 2.78. The lowest BCUT2D eigenvalue weighted by Gasteiger charge is -1.96. The second-order valence-corrected chi connectivity index (χ2v) is 1.98. The Morgan fingerprint density at radius 2 is 1.90 bits per heavy atom. The average Bonchev–Trinajstić information content (AvgIpc) is 1.95. The summed E-state index contributed by atoms with van der Waals surface area (Å²) in [5, 5.41) is 11.5. The summed E-state index contributed by atoms with van der Waals surface area (Å²) in [6.45, 7) is 0. The van der Waals surface area contributed by atoms with Crippen molar-refractivity contribution in [2.45, 2.75) is 0 Å². The first-order chi connectivity index (χ1) is 4.83. The van der Waals surface area contributed by atoms with Gasteiger partial charge in [-0.3, -0.25) is 0 Å². The van der Waals surface area contributed by atoms with Crippen molar-refractivity contribution < 1.29 is 5.11 Å². The van der Waals surface area contributed by atoms with E-state index >= 15 is 0 Å². The average molecular weight is 152 g/mol. The lowest BCUT2D eigenvalue weighted by atomic mass is 10.3. The monoisotopic (exact) mass is 152 g/mol. The fourth-order valence-electron chi connectivity index (χ4n) is 0.604. The number of phenolic OH excluding ortho intramolecular Hbond substituents is 1. The molecule has 0 amide bonds. The molecule has 1 radical (unpaired) electrons. The van der Waals surface area contributed by atoms with Crippen LogP contribution in [0.15, 0.2) is 24.3 Å². The van der Waals surface area contributed by atoms with Crippen LogP contribution in [-0.2, 0) is 0 Å². The standard InChI is InChI=1S/C7H6NOS/c9-7-3-1-6(2-4-7)8-5-10/h1-4,9H,(H,8,10). The molecule has 10 heavy (non-hydrogen) atoms. The SMILES string of the molecule is Oc1ccc(N[C]=S)cc1. The molecule has 51 valence electrons. The van der Waals surface area contributed by atoms with Crippen molar-refractivity contribution in [3.8, 4) is 5.75 Å². The number of benzene rings is 1. The normalized spacial score (nSPS) is 8.80. The summed E-state index contributed by atoms with van der Waals surface area (Å²) in [5.41, 5.74) is 3.18. The van der Waals surface area contributed by atoms with Gasteiger partial charge in [-0.1, -0.05) is 12.2 Å². The summed E-state index contributed by atoms with van der Waals surface area (Å²) in [7, 11) is 0. The summed E-state index contributed by atoms with van der Waals surface area (Å²) >= 11 is 4.44. The van der Waals surface area contributed by atoms with Gasteiger partial charge in [-0.15, -0.1) is 0 Å². The van der Waals surface area contributed by atoms with E-state index in [1.807, 2.05) is 0 Å². The molecule has 0 atom stereocenters. The predicted octanol–water partition coefficient (Wildman–Crippen LogP) is 1.64. The minimum Gasteiger partial charge on any atom is -0.508 e. The second-order valence-electron chi connectivity index (χ2n) is 1.77. The van der Waals surface area contributed by atoms with Crippen molar-refractivity contribution in [1.82, 2.24) is 0 Å². The smallest absolute Gasteiger partial charge is 0.138 e. The Hall–Kier alpha value is -1.09. The van der Waals surface area contributed by atoms with E-state index in [1.165, 1.54) is 0 Å². The van der Waals surface area contributed by atoms with Gasteiger partial charge in [0.05, 0.1) is 0 Å². The highest BCUT2D eigenvalue weighted by Crippen LogP contribution is 2.12. The molecule has 3 heteroatoms. The van der Waals surface area contributed by atoms with E-state index in [2.05, 4.69) is 23.0 Å². The molecule has 1 aromatic carbocycles. The van der Waals surface area contributed by atoms with E-state index < -0.39 is 0 Å². The highest BCUT2D eigenvalue weighted by atomic mass is 32.1. The summed E-state index contributed by atoms with van der Waals surface area (Å²) in [6.07, 6.45) is 0. The van der Waals surface area contributed by atoms with E-state index in [-0.39, 0.29) is 5.75 Å². The molecule has 0 aliphatic rings. The van der Waals surface area contributed by atoms with Crippen LogP contribution in [0.4, 0.5) is 5.69 Å². The second kappa shape index (κ2) is 3.17. The van der Waals surface area contributed by atoms with Crippen LogP contribution in [0.1, 0.15) is 0 Å². The van der Waals surface area contributed by atoms with Gasteiger partial charge >= 0.3 is 0 Å². The minimum atomic E-state index is 0.245. The van der Waals surface area contributed by atoms with Crippen molar-refractivity contribution >= 4 is 23.4 Å². The number of nitrogens with one attached hydrogen (secondary N) is 1. The quantitative estimate of drug-likeness (QED) is 0.384. The van der Waals surface area contributed by atoms with Gasteiger partial charge in [0.25, 0.3) is 0 Å². The minimum absolute atomic E-state index is 0.245. The van der Waals surface area contributed by atoms with E-state index in [0.717, 1.165) is 5.69 Å². The van der Waals surface area contributed by atoms with Crippen LogP contribution < -0.4 is 5.32 Å². The third-order valence-corrected chi connectivity index (χ3v) is 1.16. The van der Waals surface area contributed by atoms with Gasteiger partial charge in [-0.05, 0) is 24.3 Å². The molecule has 2 nitrogen and oxygen atoms in total. The Labute approximate surface area is 64.5 Å². The molecular formula is C7H6NOS. The summed E-state index contributed by atoms with van der Waals surface area (Å²) in [5.74, 6) is 0.245. The van der Waals surface area contributed by atoms with Crippen LogP contribution >= 0.6 is 12.2 Å². The summed E-state index contributed by atoms with van der Waals surface area (Å²) in [6, 6.07) is 6.59. The van der Waals surface area contributed by atoms with Crippen LogP contribution in [0.5, 0.6) is 5.75 Å². The zero-order chi connectivity index (χ0) is 7.40. The fourth-order valence-corrected chi connectivity index (χ4v) is 0.722. The Morgan fingerprint density at radius 3 is 2.40 bits per heavy atom. The van der Waals surface area contributed by atoms with Crippen molar-refractivity contribution in [3.05, 3.63) is 24.3 Å². The van der Waals surface area contributed by atoms with Crippen molar-refractivity contribution in [2.75, 3.05) is 5.32 Å². The predicted molar refractivity (Wildman–Crippen MR) is 44.3 cm³/mol. The number of rotatable bonds is 2. The fraction of sp³-hybridized carbons (Fsp3) is 0. The maximum Gasteiger partial charge on any atom is 0.138 e. The highest BCUT2D eigenvalue weighted by Gasteiger charge is 1.87. The molecule has 0 heterocycles. The van der Waals surface area contributed by atoms with Gasteiger partial charge in [-0.25, -0.2) is 0 Å². The molecule has 0 aromatic heterocycles. The molecule has 0 bridgehead atoms. The van der Waals surface area contributed by atoms with E-state index in [0.29, 0.717) is 0 Å². The van der Waals surface area contributed by atoms with Gasteiger partial charge < -0.3 is 10.4 Å². The number of hydrogen-bond donors (Lipinski definition) is 2. The summed E-state index contributed by atoms with van der Waals surface area (Å²) in [4.78, 5) is 0. The lowest BCUT2D eigenvalue weighted by Crippen LogP contribution is -1.89. The number of anilines is 1. The van der Waals surface area contributed by atoms with Crippen molar-refractivity contribution in [1.29, 1.82) is 0 Å². The maximum atomic E-state index is 8.85. The zero-order valence-electron chi connectivity index (χ0n) is 5.16. The largest absolute Gasteiger partial charge is 0.508 e. The molecule has 2 N–H and O–H groups in total. The van der Waals surface area contributed by atoms with Crippen molar-refractivity contribution in [2.24, 2.45) is 0 Å². The van der Waals surface area contributed by atoms with Crippen LogP contribution in [0.3, 0.4) is 0 Å². The number of phenols is 1. The van der Waals surface area contributed by atoms with Crippen LogP contribution in [0.2, 0.25) is 0 Å². The zero-order valence-corrected chi connectivity index (χ0v) is 5.98. The van der Waals surface area contributed by atoms with Gasteiger partial charge in [0, 0.05) is 5.69 Å². The van der Waals surface area contributed by atoms with Crippen LogP contribution in [0.25, 0.3) is 0 Å². The molecule has 0 saturated carbocycles. The van der Waals surface area contributed by atoms with E-state index in [9.17, 15) is 0 Å². The molecular weight excluding hydrogens is 146 g/mol. The summed E-state index contributed by atoms with van der Waals surface area (Å²) < 4.78 is 0. The topological polar surface area (TPSA) is 32.3 Å². The Kier molecular flexibility index (Phi) is 2.23. The molecule has 0 spiro atoms. The maximum absolute atomic E-state index is 8.85. The lowest BCUT2D eigenvalue weighted by molar-refractivity contribution is 0.475.